The Bertz CT molecular complexity index is 267. The maximum absolute atomic E-state index is 9.44. The second-order valence-electron chi connectivity index (χ2n) is 6.89. The van der Waals surface area contributed by atoms with Crippen LogP contribution in [0.3, 0.4) is 0 Å². The Kier molecular flexibility index (Phi) is 6.27. The fraction of sp³-hybridized carbons (Fsp3) is 1.00. The monoisotopic (exact) mass is 283 g/mol. The summed E-state index contributed by atoms with van der Waals surface area (Å²) in [5.41, 5.74) is -0.121. The normalized spacial score (nSPS) is 26.6. The second kappa shape index (κ2) is 7.74. The minimum atomic E-state index is -0.121. The van der Waals surface area contributed by atoms with Crippen LogP contribution in [0, 0.1) is 0 Å². The molecule has 4 heteroatoms. The van der Waals surface area contributed by atoms with E-state index in [9.17, 15) is 5.11 Å². The minimum absolute atomic E-state index is 0.121. The van der Waals surface area contributed by atoms with Gasteiger partial charge < -0.3 is 20.2 Å². The van der Waals surface area contributed by atoms with Crippen LogP contribution in [0.25, 0.3) is 0 Å². The molecule has 0 saturated carbocycles. The highest BCUT2D eigenvalue weighted by molar-refractivity contribution is 4.85. The van der Waals surface area contributed by atoms with Crippen LogP contribution in [-0.2, 0) is 0 Å². The summed E-state index contributed by atoms with van der Waals surface area (Å²) in [6.45, 7) is 8.53. The summed E-state index contributed by atoms with van der Waals surface area (Å²) >= 11 is 0. The van der Waals surface area contributed by atoms with Gasteiger partial charge in [0.2, 0.25) is 0 Å². The van der Waals surface area contributed by atoms with Gasteiger partial charge >= 0.3 is 0 Å². The molecule has 2 saturated heterocycles. The van der Waals surface area contributed by atoms with E-state index in [0.717, 1.165) is 19.0 Å². The number of nitrogens with zero attached hydrogens (tertiary/aromatic N) is 2. The standard InChI is InChI=1S/C16H33N3O/c1-16(14-20,17-2)8-13-18-11-6-15(7-12-18)19-9-4-3-5-10-19/h15,17,20H,3-14H2,1-2H3. The van der Waals surface area contributed by atoms with Gasteiger partial charge in [0.25, 0.3) is 0 Å². The van der Waals surface area contributed by atoms with Gasteiger partial charge in [-0.1, -0.05) is 6.42 Å². The Labute approximate surface area is 124 Å². The third-order valence-corrected chi connectivity index (χ3v) is 5.40. The van der Waals surface area contributed by atoms with Crippen LogP contribution in [0.1, 0.15) is 45.4 Å². The molecule has 0 aliphatic carbocycles. The fourth-order valence-electron chi connectivity index (χ4n) is 3.48. The molecule has 2 heterocycles. The molecule has 2 aliphatic heterocycles. The van der Waals surface area contributed by atoms with Crippen LogP contribution in [0.2, 0.25) is 0 Å². The van der Waals surface area contributed by atoms with Crippen molar-refractivity contribution in [3.05, 3.63) is 0 Å². The third-order valence-electron chi connectivity index (χ3n) is 5.40. The molecule has 2 N–H and O–H groups in total. The number of rotatable bonds is 6. The second-order valence-corrected chi connectivity index (χ2v) is 6.89. The third kappa shape index (κ3) is 4.42. The minimum Gasteiger partial charge on any atom is -0.394 e. The van der Waals surface area contributed by atoms with Crippen molar-refractivity contribution in [2.75, 3.05) is 46.4 Å². The first-order valence-electron chi connectivity index (χ1n) is 8.43. The molecule has 4 nitrogen and oxygen atoms in total. The summed E-state index contributed by atoms with van der Waals surface area (Å²) < 4.78 is 0. The Morgan fingerprint density at radius 1 is 1.10 bits per heavy atom. The number of likely N-dealkylation sites (tertiary alicyclic amines) is 2. The molecule has 2 rings (SSSR count). The molecular weight excluding hydrogens is 250 g/mol. The molecule has 20 heavy (non-hydrogen) atoms. The number of piperidine rings is 2. The summed E-state index contributed by atoms with van der Waals surface area (Å²) in [7, 11) is 1.94. The van der Waals surface area contributed by atoms with Crippen LogP contribution in [0.15, 0.2) is 0 Å². The summed E-state index contributed by atoms with van der Waals surface area (Å²) in [6, 6.07) is 0.833. The van der Waals surface area contributed by atoms with Gasteiger partial charge in [-0.05, 0) is 78.8 Å². The van der Waals surface area contributed by atoms with Crippen molar-refractivity contribution in [2.45, 2.75) is 57.0 Å². The molecule has 0 spiro atoms. The van der Waals surface area contributed by atoms with E-state index in [0.29, 0.717) is 0 Å². The highest BCUT2D eigenvalue weighted by Gasteiger charge is 2.27. The van der Waals surface area contributed by atoms with Crippen LogP contribution >= 0.6 is 0 Å². The maximum Gasteiger partial charge on any atom is 0.0610 e. The molecule has 0 aromatic carbocycles. The smallest absolute Gasteiger partial charge is 0.0610 e. The van der Waals surface area contributed by atoms with E-state index >= 15 is 0 Å². The Balaban J connectivity index is 1.68. The molecule has 2 fully saturated rings. The summed E-state index contributed by atoms with van der Waals surface area (Å²) in [4.78, 5) is 5.30. The SMILES string of the molecule is CNC(C)(CO)CCN1CCC(N2CCCCC2)CC1. The zero-order valence-electron chi connectivity index (χ0n) is 13.4. The van der Waals surface area contributed by atoms with Gasteiger partial charge in [0.1, 0.15) is 0 Å². The van der Waals surface area contributed by atoms with Crippen molar-refractivity contribution < 1.29 is 5.11 Å². The topological polar surface area (TPSA) is 38.7 Å². The summed E-state index contributed by atoms with van der Waals surface area (Å²) in [6.07, 6.45) is 7.91. The van der Waals surface area contributed by atoms with E-state index < -0.39 is 0 Å². The summed E-state index contributed by atoms with van der Waals surface area (Å²) in [5, 5.41) is 12.7. The molecule has 0 bridgehead atoms. The quantitative estimate of drug-likeness (QED) is 0.771. The maximum atomic E-state index is 9.44. The Morgan fingerprint density at radius 3 is 2.30 bits per heavy atom. The molecule has 2 aliphatic rings. The van der Waals surface area contributed by atoms with Gasteiger partial charge in [0.15, 0.2) is 0 Å². The van der Waals surface area contributed by atoms with Crippen molar-refractivity contribution in [3.8, 4) is 0 Å². The number of hydrogen-bond acceptors (Lipinski definition) is 4. The largest absolute Gasteiger partial charge is 0.394 e. The lowest BCUT2D eigenvalue weighted by Gasteiger charge is -2.41. The number of aliphatic hydroxyl groups is 1. The van der Waals surface area contributed by atoms with Crippen LogP contribution in [-0.4, -0.2) is 72.9 Å². The van der Waals surface area contributed by atoms with E-state index in [2.05, 4.69) is 22.0 Å². The highest BCUT2D eigenvalue weighted by atomic mass is 16.3. The van der Waals surface area contributed by atoms with Crippen LogP contribution in [0.4, 0.5) is 0 Å². The van der Waals surface area contributed by atoms with Gasteiger partial charge in [-0.3, -0.25) is 0 Å². The molecule has 1 unspecified atom stereocenters. The van der Waals surface area contributed by atoms with Crippen molar-refractivity contribution in [1.29, 1.82) is 0 Å². The lowest BCUT2D eigenvalue weighted by atomic mass is 9.96. The molecule has 0 amide bonds. The molecule has 118 valence electrons. The van der Waals surface area contributed by atoms with Crippen molar-refractivity contribution in [3.63, 3.8) is 0 Å². The van der Waals surface area contributed by atoms with Crippen LogP contribution < -0.4 is 5.32 Å². The van der Waals surface area contributed by atoms with Gasteiger partial charge in [0.05, 0.1) is 6.61 Å². The molecule has 0 radical (unpaired) electrons. The van der Waals surface area contributed by atoms with Gasteiger partial charge in [0, 0.05) is 11.6 Å². The first-order chi connectivity index (χ1) is 9.67. The van der Waals surface area contributed by atoms with Crippen molar-refractivity contribution in [1.82, 2.24) is 15.1 Å². The molecule has 0 aromatic heterocycles. The zero-order chi connectivity index (χ0) is 14.4. The number of likely N-dealkylation sites (N-methyl/N-ethyl adjacent to an activating group) is 1. The van der Waals surface area contributed by atoms with E-state index in [1.165, 1.54) is 58.3 Å². The number of aliphatic hydroxyl groups excluding tert-OH is 1. The first kappa shape index (κ1) is 16.2. The summed E-state index contributed by atoms with van der Waals surface area (Å²) in [5.74, 6) is 0. The lowest BCUT2D eigenvalue weighted by Crippen LogP contribution is -2.49. The first-order valence-corrected chi connectivity index (χ1v) is 8.43. The number of nitrogens with one attached hydrogen (secondary N) is 1. The van der Waals surface area contributed by atoms with Gasteiger partial charge in [-0.2, -0.15) is 0 Å². The van der Waals surface area contributed by atoms with Gasteiger partial charge in [-0.15, -0.1) is 0 Å². The van der Waals surface area contributed by atoms with E-state index in [4.69, 9.17) is 0 Å². The average molecular weight is 283 g/mol. The fourth-order valence-corrected chi connectivity index (χ4v) is 3.48. The van der Waals surface area contributed by atoms with E-state index in [1.54, 1.807) is 0 Å². The highest BCUT2D eigenvalue weighted by Crippen LogP contribution is 2.21. The zero-order valence-corrected chi connectivity index (χ0v) is 13.4. The Hall–Kier alpha value is -0.160. The van der Waals surface area contributed by atoms with Crippen LogP contribution in [0.5, 0.6) is 0 Å². The number of hydrogen-bond donors (Lipinski definition) is 2. The van der Waals surface area contributed by atoms with Gasteiger partial charge in [-0.25, -0.2) is 0 Å². The molecule has 1 atom stereocenters. The molecule has 0 aromatic rings. The van der Waals surface area contributed by atoms with E-state index in [-0.39, 0.29) is 12.1 Å². The van der Waals surface area contributed by atoms with E-state index in [1.807, 2.05) is 7.05 Å². The van der Waals surface area contributed by atoms with Crippen molar-refractivity contribution >= 4 is 0 Å². The van der Waals surface area contributed by atoms with Crippen molar-refractivity contribution in [2.24, 2.45) is 0 Å². The Morgan fingerprint density at radius 2 is 1.75 bits per heavy atom. The molecular formula is C16H33N3O. The predicted molar refractivity (Wildman–Crippen MR) is 84.1 cm³/mol. The predicted octanol–water partition coefficient (Wildman–Crippen LogP) is 1.30. The average Bonchev–Trinajstić information content (AvgIpc) is 2.54. The lowest BCUT2D eigenvalue weighted by molar-refractivity contribution is 0.0834.